The van der Waals surface area contributed by atoms with Crippen LogP contribution in [0.5, 0.6) is 0 Å². The van der Waals surface area contributed by atoms with Crippen molar-refractivity contribution >= 4 is 29.7 Å². The number of amides is 3. The van der Waals surface area contributed by atoms with E-state index in [1.165, 1.54) is 11.8 Å². The average molecular weight is 448 g/mol. The summed E-state index contributed by atoms with van der Waals surface area (Å²) in [4.78, 5) is 61.3. The molecule has 1 fully saturated rings. The van der Waals surface area contributed by atoms with E-state index in [4.69, 9.17) is 10.8 Å². The molecular formula is C21H28N4O7. The molecule has 1 aliphatic heterocycles. The fourth-order valence-electron chi connectivity index (χ4n) is 3.50. The molecule has 0 aromatic heterocycles. The highest BCUT2D eigenvalue weighted by Gasteiger charge is 2.38. The first-order valence-electron chi connectivity index (χ1n) is 10.3. The summed E-state index contributed by atoms with van der Waals surface area (Å²) in [5.74, 6) is -4.37. The SMILES string of the molecule is C[C@H](NC(=O)[C@@H](N)CC(=O)O)C(=O)N[C@@H](Cc1ccccc1)C(=O)N1CCC[C@@H]1C(=O)O. The van der Waals surface area contributed by atoms with Crippen LogP contribution in [0.25, 0.3) is 0 Å². The third-order valence-electron chi connectivity index (χ3n) is 5.20. The number of hydrogen-bond acceptors (Lipinski definition) is 6. The van der Waals surface area contributed by atoms with Crippen molar-refractivity contribution in [1.29, 1.82) is 0 Å². The van der Waals surface area contributed by atoms with Crippen LogP contribution in [0.15, 0.2) is 30.3 Å². The number of nitrogens with two attached hydrogens (primary N) is 1. The third kappa shape index (κ3) is 6.77. The van der Waals surface area contributed by atoms with E-state index < -0.39 is 60.2 Å². The Labute approximate surface area is 184 Å². The quantitative estimate of drug-likeness (QED) is 0.305. The number of carbonyl (C=O) groups excluding carboxylic acids is 3. The van der Waals surface area contributed by atoms with Gasteiger partial charge in [-0.1, -0.05) is 30.3 Å². The van der Waals surface area contributed by atoms with E-state index in [0.717, 1.165) is 5.56 Å². The van der Waals surface area contributed by atoms with E-state index >= 15 is 0 Å². The molecule has 0 radical (unpaired) electrons. The topological polar surface area (TPSA) is 179 Å². The summed E-state index contributed by atoms with van der Waals surface area (Å²) in [6, 6.07) is 4.50. The van der Waals surface area contributed by atoms with Crippen LogP contribution < -0.4 is 16.4 Å². The first-order valence-corrected chi connectivity index (χ1v) is 10.3. The van der Waals surface area contributed by atoms with Crippen molar-refractivity contribution in [1.82, 2.24) is 15.5 Å². The van der Waals surface area contributed by atoms with Gasteiger partial charge in [-0.2, -0.15) is 0 Å². The second kappa shape index (κ2) is 11.2. The normalized spacial score (nSPS) is 18.3. The molecule has 11 heteroatoms. The number of hydrogen-bond donors (Lipinski definition) is 5. The maximum absolute atomic E-state index is 13.1. The molecule has 2 rings (SSSR count). The molecule has 0 bridgehead atoms. The Morgan fingerprint density at radius 2 is 1.75 bits per heavy atom. The number of carbonyl (C=O) groups is 5. The highest BCUT2D eigenvalue weighted by Crippen LogP contribution is 2.19. The van der Waals surface area contributed by atoms with Gasteiger partial charge in [0.15, 0.2) is 0 Å². The molecule has 0 spiro atoms. The van der Waals surface area contributed by atoms with E-state index in [-0.39, 0.29) is 13.0 Å². The van der Waals surface area contributed by atoms with Crippen LogP contribution >= 0.6 is 0 Å². The number of carboxylic acid groups (broad SMARTS) is 2. The summed E-state index contributed by atoms with van der Waals surface area (Å²) in [5, 5.41) is 23.1. The van der Waals surface area contributed by atoms with Crippen LogP contribution in [0.2, 0.25) is 0 Å². The molecule has 1 aromatic carbocycles. The van der Waals surface area contributed by atoms with Crippen LogP contribution in [0.4, 0.5) is 0 Å². The number of nitrogens with one attached hydrogen (secondary N) is 2. The highest BCUT2D eigenvalue weighted by molar-refractivity contribution is 5.94. The second-order valence-electron chi connectivity index (χ2n) is 7.71. The van der Waals surface area contributed by atoms with Gasteiger partial charge >= 0.3 is 11.9 Å². The van der Waals surface area contributed by atoms with Gasteiger partial charge in [0.1, 0.15) is 18.1 Å². The largest absolute Gasteiger partial charge is 0.481 e. The summed E-state index contributed by atoms with van der Waals surface area (Å²) in [5.41, 5.74) is 6.27. The van der Waals surface area contributed by atoms with Crippen molar-refractivity contribution in [2.24, 2.45) is 5.73 Å². The number of aliphatic carboxylic acids is 2. The van der Waals surface area contributed by atoms with E-state index in [1.54, 1.807) is 30.3 Å². The van der Waals surface area contributed by atoms with E-state index in [0.29, 0.717) is 12.8 Å². The van der Waals surface area contributed by atoms with Crippen LogP contribution in [-0.2, 0) is 30.4 Å². The number of carboxylic acids is 2. The number of benzene rings is 1. The Morgan fingerprint density at radius 1 is 1.09 bits per heavy atom. The Hall–Kier alpha value is -3.47. The summed E-state index contributed by atoms with van der Waals surface area (Å²) < 4.78 is 0. The fourth-order valence-corrected chi connectivity index (χ4v) is 3.50. The number of likely N-dealkylation sites (tertiary alicyclic amines) is 1. The molecule has 1 heterocycles. The van der Waals surface area contributed by atoms with Crippen molar-refractivity contribution in [2.45, 2.75) is 56.8 Å². The molecule has 0 unspecified atom stereocenters. The molecule has 32 heavy (non-hydrogen) atoms. The molecule has 11 nitrogen and oxygen atoms in total. The summed E-state index contributed by atoms with van der Waals surface area (Å²) in [6.07, 6.45) is 0.415. The Bertz CT molecular complexity index is 861. The number of nitrogens with zero attached hydrogens (tertiary/aromatic N) is 1. The zero-order valence-electron chi connectivity index (χ0n) is 17.7. The van der Waals surface area contributed by atoms with Crippen molar-refractivity contribution in [3.05, 3.63) is 35.9 Å². The van der Waals surface area contributed by atoms with Gasteiger partial charge in [-0.25, -0.2) is 4.79 Å². The molecule has 0 saturated carbocycles. The zero-order valence-corrected chi connectivity index (χ0v) is 17.7. The summed E-state index contributed by atoms with van der Waals surface area (Å²) in [6.45, 7) is 1.65. The van der Waals surface area contributed by atoms with Crippen LogP contribution in [-0.4, -0.2) is 75.5 Å². The van der Waals surface area contributed by atoms with Crippen LogP contribution in [0, 0.1) is 0 Å². The van der Waals surface area contributed by atoms with Gasteiger partial charge < -0.3 is 31.5 Å². The lowest BCUT2D eigenvalue weighted by molar-refractivity contribution is -0.149. The molecule has 1 aromatic rings. The number of rotatable bonds is 10. The Morgan fingerprint density at radius 3 is 2.34 bits per heavy atom. The minimum atomic E-state index is -1.33. The van der Waals surface area contributed by atoms with Crippen molar-refractivity contribution in [3.63, 3.8) is 0 Å². The zero-order chi connectivity index (χ0) is 23.8. The Balaban J connectivity index is 2.12. The lowest BCUT2D eigenvalue weighted by Crippen LogP contribution is -2.57. The monoisotopic (exact) mass is 448 g/mol. The van der Waals surface area contributed by atoms with Gasteiger partial charge in [-0.15, -0.1) is 0 Å². The average Bonchev–Trinajstić information content (AvgIpc) is 3.23. The van der Waals surface area contributed by atoms with Gasteiger partial charge in [0.25, 0.3) is 0 Å². The fraction of sp³-hybridized carbons (Fsp3) is 0.476. The van der Waals surface area contributed by atoms with Gasteiger partial charge in [-0.05, 0) is 25.3 Å². The van der Waals surface area contributed by atoms with Crippen molar-refractivity contribution < 1.29 is 34.2 Å². The first-order chi connectivity index (χ1) is 15.1. The van der Waals surface area contributed by atoms with Crippen molar-refractivity contribution in [3.8, 4) is 0 Å². The summed E-state index contributed by atoms with van der Waals surface area (Å²) in [7, 11) is 0. The Kier molecular flexibility index (Phi) is 8.71. The van der Waals surface area contributed by atoms with Crippen molar-refractivity contribution in [2.75, 3.05) is 6.54 Å². The molecule has 3 amide bonds. The molecule has 6 N–H and O–H groups in total. The van der Waals surface area contributed by atoms with E-state index in [9.17, 15) is 29.1 Å². The van der Waals surface area contributed by atoms with Crippen LogP contribution in [0.3, 0.4) is 0 Å². The lowest BCUT2D eigenvalue weighted by atomic mass is 10.0. The second-order valence-corrected chi connectivity index (χ2v) is 7.71. The molecule has 1 saturated heterocycles. The van der Waals surface area contributed by atoms with Gasteiger partial charge in [0, 0.05) is 13.0 Å². The minimum absolute atomic E-state index is 0.132. The van der Waals surface area contributed by atoms with E-state index in [1.807, 2.05) is 0 Å². The highest BCUT2D eigenvalue weighted by atomic mass is 16.4. The lowest BCUT2D eigenvalue weighted by Gasteiger charge is -2.28. The van der Waals surface area contributed by atoms with Gasteiger partial charge in [-0.3, -0.25) is 19.2 Å². The molecule has 0 aliphatic carbocycles. The maximum atomic E-state index is 13.1. The van der Waals surface area contributed by atoms with Gasteiger partial charge in [0.05, 0.1) is 12.5 Å². The first kappa shape index (κ1) is 24.8. The van der Waals surface area contributed by atoms with Crippen LogP contribution in [0.1, 0.15) is 31.7 Å². The standard InChI is InChI=1S/C21H28N4O7/c1-12(23-19(29)14(22)11-17(26)27)18(28)24-15(10-13-6-3-2-4-7-13)20(30)25-9-5-8-16(25)21(31)32/h2-4,6-7,12,14-16H,5,8-11,22H2,1H3,(H,23,29)(H,24,28)(H,26,27)(H,31,32)/t12-,14-,15-,16+/m0/s1. The predicted octanol–water partition coefficient (Wildman–Crippen LogP) is -0.904. The molecular weight excluding hydrogens is 420 g/mol. The smallest absolute Gasteiger partial charge is 0.326 e. The van der Waals surface area contributed by atoms with E-state index in [2.05, 4.69) is 10.6 Å². The predicted molar refractivity (Wildman–Crippen MR) is 112 cm³/mol. The third-order valence-corrected chi connectivity index (χ3v) is 5.20. The molecule has 1 aliphatic rings. The molecule has 174 valence electrons. The minimum Gasteiger partial charge on any atom is -0.481 e. The summed E-state index contributed by atoms with van der Waals surface area (Å²) >= 11 is 0. The molecule has 4 atom stereocenters. The van der Waals surface area contributed by atoms with Gasteiger partial charge in [0.2, 0.25) is 17.7 Å². The maximum Gasteiger partial charge on any atom is 0.326 e.